The summed E-state index contributed by atoms with van der Waals surface area (Å²) in [5, 5.41) is 0. The second-order valence-corrected chi connectivity index (χ2v) is 10.2. The second kappa shape index (κ2) is 9.45. The van der Waals surface area contributed by atoms with Crippen LogP contribution < -0.4 is 4.90 Å². The van der Waals surface area contributed by atoms with Gasteiger partial charge in [0.1, 0.15) is 0 Å². The Morgan fingerprint density at radius 2 is 1.33 bits per heavy atom. The number of anilines is 1. The maximum absolute atomic E-state index is 2.52. The Kier molecular flexibility index (Phi) is 7.16. The fourth-order valence-corrected chi connectivity index (χ4v) is 4.93. The van der Waals surface area contributed by atoms with Gasteiger partial charge in [0.2, 0.25) is 0 Å². The van der Waals surface area contributed by atoms with Crippen molar-refractivity contribution < 1.29 is 0 Å². The fourth-order valence-electron chi connectivity index (χ4n) is 4.93. The van der Waals surface area contributed by atoms with Crippen LogP contribution in [0.2, 0.25) is 0 Å². The molecule has 0 unspecified atom stereocenters. The Labute approximate surface area is 185 Å². The number of nitrogens with zero attached hydrogens (tertiary/aromatic N) is 2. The van der Waals surface area contributed by atoms with Gasteiger partial charge in [-0.05, 0) is 65.2 Å². The Morgan fingerprint density at radius 1 is 0.733 bits per heavy atom. The molecule has 0 spiro atoms. The summed E-state index contributed by atoms with van der Waals surface area (Å²) in [6.07, 6.45) is 10.8. The number of hydrogen-bond donors (Lipinski definition) is 0. The molecule has 0 N–H and O–H groups in total. The minimum Gasteiger partial charge on any atom is -0.328 e. The molecule has 0 radical (unpaired) electrons. The van der Waals surface area contributed by atoms with Crippen LogP contribution in [0.5, 0.6) is 0 Å². The lowest BCUT2D eigenvalue weighted by atomic mass is 9.90. The van der Waals surface area contributed by atoms with Crippen LogP contribution in [-0.4, -0.2) is 11.6 Å². The van der Waals surface area contributed by atoms with E-state index in [0.717, 1.165) is 6.67 Å². The molecule has 0 amide bonds. The monoisotopic (exact) mass is 406 g/mol. The van der Waals surface area contributed by atoms with Gasteiger partial charge in [0.15, 0.2) is 0 Å². The molecule has 1 aliphatic carbocycles. The van der Waals surface area contributed by atoms with E-state index in [1.165, 1.54) is 47.3 Å². The first-order valence-corrected chi connectivity index (χ1v) is 12.0. The molecular weight excluding hydrogens is 364 g/mol. The standard InChI is InChI=1S/C28H42N2/c1-19(2)23-12-9-10-13-24(20(3)4)27(23)29-16-17-30(18-29)28-25(21(5)6)14-11-15-26(28)22(7)8/h11-12,14-17,19-22H,9-10,13,18H2,1-8H3. The van der Waals surface area contributed by atoms with Crippen molar-refractivity contribution in [2.75, 3.05) is 11.6 Å². The fraction of sp³-hybridized carbons (Fsp3) is 0.571. The minimum atomic E-state index is 0.510. The second-order valence-electron chi connectivity index (χ2n) is 10.2. The number of rotatable bonds is 6. The van der Waals surface area contributed by atoms with Crippen molar-refractivity contribution in [1.82, 2.24) is 4.90 Å². The lowest BCUT2D eigenvalue weighted by Gasteiger charge is -2.32. The number of allylic oxidation sites excluding steroid dienone is 3. The zero-order valence-corrected chi connectivity index (χ0v) is 20.5. The number of para-hydroxylation sites is 1. The van der Waals surface area contributed by atoms with Gasteiger partial charge in [-0.1, -0.05) is 79.7 Å². The molecule has 2 heteroatoms. The molecule has 1 aromatic rings. The van der Waals surface area contributed by atoms with Crippen molar-refractivity contribution in [2.24, 2.45) is 11.8 Å². The van der Waals surface area contributed by atoms with E-state index in [1.54, 1.807) is 5.57 Å². The van der Waals surface area contributed by atoms with E-state index in [4.69, 9.17) is 0 Å². The van der Waals surface area contributed by atoms with Crippen LogP contribution in [0.3, 0.4) is 0 Å². The minimum absolute atomic E-state index is 0.510. The van der Waals surface area contributed by atoms with E-state index in [2.05, 4.69) is 102 Å². The molecule has 30 heavy (non-hydrogen) atoms. The lowest BCUT2D eigenvalue weighted by molar-refractivity contribution is 0.476. The molecule has 0 saturated heterocycles. The highest BCUT2D eigenvalue weighted by atomic mass is 15.3. The highest BCUT2D eigenvalue weighted by Crippen LogP contribution is 2.40. The molecule has 1 aromatic carbocycles. The Balaban J connectivity index is 2.04. The third-order valence-corrected chi connectivity index (χ3v) is 6.56. The van der Waals surface area contributed by atoms with Gasteiger partial charge >= 0.3 is 0 Å². The Morgan fingerprint density at radius 3 is 1.87 bits per heavy atom. The maximum Gasteiger partial charge on any atom is 0.0989 e. The van der Waals surface area contributed by atoms with Gasteiger partial charge in [0, 0.05) is 23.8 Å². The van der Waals surface area contributed by atoms with Gasteiger partial charge in [0.25, 0.3) is 0 Å². The Hall–Kier alpha value is -1.96. The predicted molar refractivity (Wildman–Crippen MR) is 132 cm³/mol. The molecule has 1 heterocycles. The van der Waals surface area contributed by atoms with E-state index in [1.807, 2.05) is 0 Å². The van der Waals surface area contributed by atoms with Gasteiger partial charge in [-0.2, -0.15) is 0 Å². The average Bonchev–Trinajstić information content (AvgIpc) is 3.05. The summed E-state index contributed by atoms with van der Waals surface area (Å²) in [5.41, 5.74) is 8.96. The van der Waals surface area contributed by atoms with Crippen LogP contribution in [0.15, 0.2) is 53.5 Å². The summed E-state index contributed by atoms with van der Waals surface area (Å²) in [6.45, 7) is 19.6. The molecule has 0 aromatic heterocycles. The number of benzene rings is 1. The van der Waals surface area contributed by atoms with Gasteiger partial charge in [-0.15, -0.1) is 0 Å². The summed E-state index contributed by atoms with van der Waals surface area (Å²) in [5.74, 6) is 2.14. The van der Waals surface area contributed by atoms with Crippen LogP contribution in [-0.2, 0) is 0 Å². The largest absolute Gasteiger partial charge is 0.328 e. The third kappa shape index (κ3) is 4.53. The smallest absolute Gasteiger partial charge is 0.0989 e. The van der Waals surface area contributed by atoms with Crippen molar-refractivity contribution in [3.8, 4) is 0 Å². The zero-order chi connectivity index (χ0) is 22.0. The number of hydrogen-bond acceptors (Lipinski definition) is 2. The quantitative estimate of drug-likeness (QED) is 0.470. The predicted octanol–water partition coefficient (Wildman–Crippen LogP) is 8.16. The topological polar surface area (TPSA) is 6.48 Å². The van der Waals surface area contributed by atoms with Crippen LogP contribution in [0.1, 0.15) is 97.6 Å². The van der Waals surface area contributed by atoms with Gasteiger partial charge in [-0.25, -0.2) is 0 Å². The normalized spacial score (nSPS) is 17.8. The summed E-state index contributed by atoms with van der Waals surface area (Å²) < 4.78 is 0. The van der Waals surface area contributed by atoms with Crippen molar-refractivity contribution >= 4 is 5.69 Å². The van der Waals surface area contributed by atoms with E-state index < -0.39 is 0 Å². The highest BCUT2D eigenvalue weighted by molar-refractivity contribution is 5.64. The van der Waals surface area contributed by atoms with Gasteiger partial charge in [0.05, 0.1) is 6.67 Å². The molecule has 1 aliphatic heterocycles. The van der Waals surface area contributed by atoms with Crippen molar-refractivity contribution in [1.29, 1.82) is 0 Å². The van der Waals surface area contributed by atoms with Gasteiger partial charge < -0.3 is 9.80 Å². The van der Waals surface area contributed by atoms with Crippen molar-refractivity contribution in [2.45, 2.75) is 86.5 Å². The van der Waals surface area contributed by atoms with E-state index >= 15 is 0 Å². The summed E-state index contributed by atoms with van der Waals surface area (Å²) in [7, 11) is 0. The van der Waals surface area contributed by atoms with Crippen molar-refractivity contribution in [3.63, 3.8) is 0 Å². The highest BCUT2D eigenvalue weighted by Gasteiger charge is 2.28. The van der Waals surface area contributed by atoms with E-state index in [9.17, 15) is 0 Å². The maximum atomic E-state index is 2.52. The molecular formula is C28H42N2. The van der Waals surface area contributed by atoms with Crippen LogP contribution in [0.4, 0.5) is 5.69 Å². The summed E-state index contributed by atoms with van der Waals surface area (Å²) >= 11 is 0. The summed E-state index contributed by atoms with van der Waals surface area (Å²) in [6, 6.07) is 6.86. The van der Waals surface area contributed by atoms with Crippen LogP contribution >= 0.6 is 0 Å². The van der Waals surface area contributed by atoms with E-state index in [-0.39, 0.29) is 0 Å². The first kappa shape index (κ1) is 22.7. The van der Waals surface area contributed by atoms with Crippen molar-refractivity contribution in [3.05, 3.63) is 64.6 Å². The zero-order valence-electron chi connectivity index (χ0n) is 20.5. The van der Waals surface area contributed by atoms with E-state index in [0.29, 0.717) is 23.7 Å². The van der Waals surface area contributed by atoms with Gasteiger partial charge in [-0.3, -0.25) is 0 Å². The van der Waals surface area contributed by atoms with Crippen LogP contribution in [0.25, 0.3) is 0 Å². The molecule has 2 nitrogen and oxygen atoms in total. The lowest BCUT2D eigenvalue weighted by Crippen LogP contribution is -2.29. The molecule has 164 valence electrons. The molecule has 0 fully saturated rings. The molecule has 0 saturated carbocycles. The first-order chi connectivity index (χ1) is 14.2. The summed E-state index contributed by atoms with van der Waals surface area (Å²) in [4.78, 5) is 5.01. The third-order valence-electron chi connectivity index (χ3n) is 6.56. The van der Waals surface area contributed by atoms with Crippen LogP contribution in [0, 0.1) is 11.8 Å². The molecule has 2 aliphatic rings. The average molecular weight is 407 g/mol. The molecule has 3 rings (SSSR count). The molecule has 0 atom stereocenters. The SMILES string of the molecule is CC(C)C1=CCCCC(C(C)C)=C1N1C=CN(c2c(C(C)C)cccc2C(C)C)C1. The first-order valence-electron chi connectivity index (χ1n) is 12.0. The Bertz CT molecular complexity index is 810. The molecule has 0 bridgehead atoms.